The van der Waals surface area contributed by atoms with Gasteiger partial charge in [-0.05, 0) is 24.5 Å². The van der Waals surface area contributed by atoms with Crippen LogP contribution in [0.5, 0.6) is 0 Å². The van der Waals surface area contributed by atoms with Gasteiger partial charge in [0.05, 0.1) is 5.69 Å². The van der Waals surface area contributed by atoms with Crippen molar-refractivity contribution in [1.29, 1.82) is 0 Å². The first kappa shape index (κ1) is 12.5. The quantitative estimate of drug-likeness (QED) is 0.805. The molecule has 0 aliphatic heterocycles. The van der Waals surface area contributed by atoms with Crippen molar-refractivity contribution in [3.05, 3.63) is 17.3 Å². The van der Waals surface area contributed by atoms with Crippen LogP contribution in [-0.4, -0.2) is 11.5 Å². The van der Waals surface area contributed by atoms with Crippen LogP contribution in [-0.2, 0) is 0 Å². The normalized spacial score (nSPS) is 17.0. The van der Waals surface area contributed by atoms with Gasteiger partial charge in [0.25, 0.3) is 0 Å². The second-order valence-corrected chi connectivity index (χ2v) is 5.18. The van der Waals surface area contributed by atoms with E-state index in [0.29, 0.717) is 16.7 Å². The van der Waals surface area contributed by atoms with E-state index in [1.807, 2.05) is 0 Å². The largest absolute Gasteiger partial charge is 0.396 e. The number of hydrogen-bond donors (Lipinski definition) is 2. The third kappa shape index (κ3) is 3.77. The van der Waals surface area contributed by atoms with E-state index >= 15 is 0 Å². The lowest BCUT2D eigenvalue weighted by Crippen LogP contribution is -2.13. The number of nitrogens with one attached hydrogen (secondary N) is 1. The van der Waals surface area contributed by atoms with Crippen LogP contribution in [0.2, 0.25) is 5.15 Å². The Balaban J connectivity index is 1.79. The fraction of sp³-hybridized carbons (Fsp3) is 0.615. The van der Waals surface area contributed by atoms with Crippen LogP contribution < -0.4 is 11.1 Å². The minimum Gasteiger partial charge on any atom is -0.396 e. The molecular formula is C13H20ClN3. The minimum absolute atomic E-state index is 0.486. The summed E-state index contributed by atoms with van der Waals surface area (Å²) < 4.78 is 0. The zero-order chi connectivity index (χ0) is 12.1. The fourth-order valence-electron chi connectivity index (χ4n) is 2.46. The lowest BCUT2D eigenvalue weighted by molar-refractivity contribution is 0.345. The smallest absolute Gasteiger partial charge is 0.150 e. The second kappa shape index (κ2) is 6.10. The van der Waals surface area contributed by atoms with Gasteiger partial charge in [0.1, 0.15) is 5.15 Å². The summed E-state index contributed by atoms with van der Waals surface area (Å²) >= 11 is 5.84. The van der Waals surface area contributed by atoms with Crippen LogP contribution in [0.25, 0.3) is 0 Å². The van der Waals surface area contributed by atoms with Gasteiger partial charge in [-0.15, -0.1) is 0 Å². The van der Waals surface area contributed by atoms with Gasteiger partial charge in [0, 0.05) is 6.54 Å². The van der Waals surface area contributed by atoms with Crippen molar-refractivity contribution in [2.24, 2.45) is 5.92 Å². The van der Waals surface area contributed by atoms with Gasteiger partial charge in [0.2, 0.25) is 0 Å². The van der Waals surface area contributed by atoms with Crippen molar-refractivity contribution >= 4 is 23.1 Å². The lowest BCUT2D eigenvalue weighted by atomic mass is 9.87. The van der Waals surface area contributed by atoms with E-state index in [0.717, 1.165) is 12.5 Å². The van der Waals surface area contributed by atoms with E-state index in [-0.39, 0.29) is 0 Å². The standard InChI is InChI=1S/C13H20ClN3/c14-12-7-6-11(15)13(17-12)16-9-8-10-4-2-1-3-5-10/h6-7,10H,1-5,8-9,15H2,(H,16,17). The Kier molecular flexibility index (Phi) is 4.49. The first-order valence-corrected chi connectivity index (χ1v) is 6.79. The molecule has 4 heteroatoms. The Morgan fingerprint density at radius 1 is 1.29 bits per heavy atom. The number of anilines is 2. The molecule has 1 saturated carbocycles. The Morgan fingerprint density at radius 3 is 2.82 bits per heavy atom. The molecule has 1 heterocycles. The van der Waals surface area contributed by atoms with Gasteiger partial charge < -0.3 is 11.1 Å². The van der Waals surface area contributed by atoms with Crippen molar-refractivity contribution in [3.63, 3.8) is 0 Å². The van der Waals surface area contributed by atoms with E-state index in [1.165, 1.54) is 38.5 Å². The topological polar surface area (TPSA) is 50.9 Å². The van der Waals surface area contributed by atoms with Crippen LogP contribution in [0.4, 0.5) is 11.5 Å². The predicted octanol–water partition coefficient (Wildman–Crippen LogP) is 3.70. The molecule has 0 bridgehead atoms. The molecule has 17 heavy (non-hydrogen) atoms. The summed E-state index contributed by atoms with van der Waals surface area (Å²) in [5.41, 5.74) is 6.49. The summed E-state index contributed by atoms with van der Waals surface area (Å²) in [4.78, 5) is 4.18. The number of rotatable bonds is 4. The highest BCUT2D eigenvalue weighted by Crippen LogP contribution is 2.26. The number of pyridine rings is 1. The second-order valence-electron chi connectivity index (χ2n) is 4.79. The SMILES string of the molecule is Nc1ccc(Cl)nc1NCCC1CCCCC1. The molecule has 0 atom stereocenters. The molecule has 0 spiro atoms. The molecule has 0 unspecified atom stereocenters. The Labute approximate surface area is 108 Å². The zero-order valence-electron chi connectivity index (χ0n) is 10.1. The van der Waals surface area contributed by atoms with E-state index in [4.69, 9.17) is 17.3 Å². The zero-order valence-corrected chi connectivity index (χ0v) is 10.8. The highest BCUT2D eigenvalue weighted by atomic mass is 35.5. The number of nitrogens with zero attached hydrogens (tertiary/aromatic N) is 1. The van der Waals surface area contributed by atoms with Crippen molar-refractivity contribution in [2.45, 2.75) is 38.5 Å². The van der Waals surface area contributed by atoms with E-state index in [9.17, 15) is 0 Å². The highest BCUT2D eigenvalue weighted by Gasteiger charge is 2.13. The van der Waals surface area contributed by atoms with E-state index in [1.54, 1.807) is 12.1 Å². The molecule has 0 saturated heterocycles. The number of nitrogens with two attached hydrogens (primary N) is 1. The van der Waals surface area contributed by atoms with Crippen LogP contribution in [0.15, 0.2) is 12.1 Å². The van der Waals surface area contributed by atoms with Gasteiger partial charge in [-0.3, -0.25) is 0 Å². The molecule has 0 aromatic carbocycles. The molecule has 94 valence electrons. The van der Waals surface area contributed by atoms with Crippen LogP contribution in [0.3, 0.4) is 0 Å². The Morgan fingerprint density at radius 2 is 2.06 bits per heavy atom. The maximum atomic E-state index is 5.84. The predicted molar refractivity (Wildman–Crippen MR) is 73.3 cm³/mol. The summed E-state index contributed by atoms with van der Waals surface area (Å²) in [5, 5.41) is 3.77. The molecular weight excluding hydrogens is 234 g/mol. The maximum absolute atomic E-state index is 5.84. The average Bonchev–Trinajstić information content (AvgIpc) is 2.35. The number of aromatic nitrogens is 1. The van der Waals surface area contributed by atoms with Crippen molar-refractivity contribution in [3.8, 4) is 0 Å². The van der Waals surface area contributed by atoms with Crippen LogP contribution in [0, 0.1) is 5.92 Å². The molecule has 0 amide bonds. The lowest BCUT2D eigenvalue weighted by Gasteiger charge is -2.21. The van der Waals surface area contributed by atoms with Gasteiger partial charge in [-0.2, -0.15) is 0 Å². The molecule has 3 nitrogen and oxygen atoms in total. The monoisotopic (exact) mass is 253 g/mol. The van der Waals surface area contributed by atoms with Gasteiger partial charge in [0.15, 0.2) is 5.82 Å². The van der Waals surface area contributed by atoms with Crippen molar-refractivity contribution in [2.75, 3.05) is 17.6 Å². The summed E-state index contributed by atoms with van der Waals surface area (Å²) in [5.74, 6) is 1.59. The van der Waals surface area contributed by atoms with Crippen LogP contribution in [0.1, 0.15) is 38.5 Å². The van der Waals surface area contributed by atoms with Crippen LogP contribution >= 0.6 is 11.6 Å². The fourth-order valence-corrected chi connectivity index (χ4v) is 2.61. The summed E-state index contributed by atoms with van der Waals surface area (Å²) in [6.07, 6.45) is 8.14. The van der Waals surface area contributed by atoms with Crippen molar-refractivity contribution < 1.29 is 0 Å². The average molecular weight is 254 g/mol. The molecule has 1 fully saturated rings. The molecule has 0 radical (unpaired) electrons. The summed E-state index contributed by atoms with van der Waals surface area (Å²) in [6, 6.07) is 3.50. The van der Waals surface area contributed by atoms with Gasteiger partial charge in [-0.1, -0.05) is 43.7 Å². The number of nitrogen functional groups attached to an aromatic ring is 1. The summed E-state index contributed by atoms with van der Waals surface area (Å²) in [7, 11) is 0. The Bertz CT molecular complexity index is 362. The maximum Gasteiger partial charge on any atom is 0.150 e. The van der Waals surface area contributed by atoms with E-state index in [2.05, 4.69) is 10.3 Å². The molecule has 1 aliphatic rings. The molecule has 1 aliphatic carbocycles. The third-order valence-electron chi connectivity index (χ3n) is 3.46. The molecule has 2 rings (SSSR count). The highest BCUT2D eigenvalue weighted by molar-refractivity contribution is 6.29. The molecule has 1 aromatic heterocycles. The number of hydrogen-bond acceptors (Lipinski definition) is 3. The van der Waals surface area contributed by atoms with Gasteiger partial charge in [-0.25, -0.2) is 4.98 Å². The van der Waals surface area contributed by atoms with Gasteiger partial charge >= 0.3 is 0 Å². The summed E-state index contributed by atoms with van der Waals surface area (Å²) in [6.45, 7) is 0.933. The minimum atomic E-state index is 0.486. The van der Waals surface area contributed by atoms with E-state index < -0.39 is 0 Å². The third-order valence-corrected chi connectivity index (χ3v) is 3.67. The molecule has 1 aromatic rings. The Hall–Kier alpha value is -0.960. The van der Waals surface area contributed by atoms with Crippen molar-refractivity contribution in [1.82, 2.24) is 4.98 Å². The first-order valence-electron chi connectivity index (χ1n) is 6.41. The first-order chi connectivity index (χ1) is 8.25. The molecule has 3 N–H and O–H groups in total. The number of halogens is 1.